The molecule has 16 nitrogen and oxygen atoms in total. The van der Waals surface area contributed by atoms with E-state index in [-0.39, 0.29) is 12.5 Å². The van der Waals surface area contributed by atoms with Gasteiger partial charge < -0.3 is 75.1 Å². The summed E-state index contributed by atoms with van der Waals surface area (Å²) in [5, 5.41) is 114. The molecule has 2 unspecified atom stereocenters. The van der Waals surface area contributed by atoms with E-state index in [1.54, 1.807) is 13.8 Å². The van der Waals surface area contributed by atoms with Crippen LogP contribution in [0.3, 0.4) is 0 Å². The maximum absolute atomic E-state index is 12.1. The Morgan fingerprint density at radius 2 is 1.47 bits per heavy atom. The van der Waals surface area contributed by atoms with Crippen molar-refractivity contribution >= 4 is 6.29 Å². The number of rotatable bonds is 20. The average molecular weight is 833 g/mol. The Labute approximate surface area is 342 Å². The molecule has 1 aliphatic carbocycles. The largest absolute Gasteiger partial charge is 0.394 e. The van der Waals surface area contributed by atoms with Crippen LogP contribution in [0.25, 0.3) is 0 Å². The molecule has 0 radical (unpaired) electrons. The van der Waals surface area contributed by atoms with Gasteiger partial charge in [0.2, 0.25) is 0 Å². The van der Waals surface area contributed by atoms with Crippen molar-refractivity contribution in [2.75, 3.05) is 19.8 Å². The van der Waals surface area contributed by atoms with Crippen LogP contribution in [-0.2, 0) is 23.7 Å². The van der Waals surface area contributed by atoms with Gasteiger partial charge in [0.15, 0.2) is 12.6 Å². The van der Waals surface area contributed by atoms with E-state index in [2.05, 4.69) is 0 Å². The Bertz CT molecular complexity index is 1390. The van der Waals surface area contributed by atoms with Gasteiger partial charge in [-0.3, -0.25) is 4.79 Å². The third-order valence-electron chi connectivity index (χ3n) is 12.8. The van der Waals surface area contributed by atoms with Gasteiger partial charge in [-0.25, -0.2) is 0 Å². The van der Waals surface area contributed by atoms with E-state index in [0.717, 1.165) is 23.0 Å². The van der Waals surface area contributed by atoms with Crippen LogP contribution in [0.15, 0.2) is 34.4 Å². The number of aliphatic hydroxyl groups excluding tert-OH is 9. The predicted molar refractivity (Wildman–Crippen MR) is 211 cm³/mol. The Balaban J connectivity index is 1.84. The fourth-order valence-electron chi connectivity index (χ4n) is 8.32. The molecule has 0 aromatic heterocycles. The fraction of sp³-hybridized carbons (Fsp3) is 0.833. The van der Waals surface area contributed by atoms with E-state index < -0.39 is 103 Å². The van der Waals surface area contributed by atoms with Gasteiger partial charge in [0, 0.05) is 12.0 Å². The summed E-state index contributed by atoms with van der Waals surface area (Å²) in [7, 11) is 0. The second-order valence-corrected chi connectivity index (χ2v) is 17.6. The minimum Gasteiger partial charge on any atom is -0.394 e. The average Bonchev–Trinajstić information content (AvgIpc) is 3.17. The Kier molecular flexibility index (Phi) is 19.1. The predicted octanol–water partition coefficient (Wildman–Crippen LogP) is 0.426. The molecule has 2 aliphatic heterocycles. The summed E-state index contributed by atoms with van der Waals surface area (Å²) in [6.45, 7) is 11.2. The number of aldehydes is 1. The topological polar surface area (TPSA) is 277 Å². The lowest BCUT2D eigenvalue weighted by Gasteiger charge is -2.53. The van der Waals surface area contributed by atoms with Crippen molar-refractivity contribution < 1.29 is 79.9 Å². The molecule has 58 heavy (non-hydrogen) atoms. The van der Waals surface area contributed by atoms with Crippen LogP contribution in [0.4, 0.5) is 0 Å². The lowest BCUT2D eigenvalue weighted by Crippen LogP contribution is -2.59. The summed E-state index contributed by atoms with van der Waals surface area (Å²) in [5.41, 5.74) is -0.0130. The minimum atomic E-state index is -1.63. The molecule has 11 N–H and O–H groups in total. The maximum Gasteiger partial charge on any atom is 0.187 e. The van der Waals surface area contributed by atoms with Crippen LogP contribution in [0.5, 0.6) is 0 Å². The zero-order chi connectivity index (χ0) is 43.7. The lowest BCUT2D eigenvalue weighted by atomic mass is 9.54. The quantitative estimate of drug-likeness (QED) is 0.0344. The Morgan fingerprint density at radius 3 is 2.02 bits per heavy atom. The van der Waals surface area contributed by atoms with Crippen molar-refractivity contribution in [1.82, 2.24) is 0 Å². The smallest absolute Gasteiger partial charge is 0.187 e. The number of allylic oxidation sites excluding steroid dienone is 4. The van der Waals surface area contributed by atoms with Crippen LogP contribution in [-0.4, -0.2) is 167 Å². The van der Waals surface area contributed by atoms with Crippen molar-refractivity contribution in [2.24, 2.45) is 11.3 Å². The molecule has 0 bridgehead atoms. The molecule has 2 saturated heterocycles. The molecule has 3 fully saturated rings. The number of ether oxygens (including phenoxy) is 4. The molecule has 0 aromatic carbocycles. The molecule has 3 rings (SSSR count). The van der Waals surface area contributed by atoms with Crippen LogP contribution >= 0.6 is 0 Å². The molecule has 3 aliphatic rings. The minimum absolute atomic E-state index is 0.0739. The first kappa shape index (κ1) is 50.6. The van der Waals surface area contributed by atoms with E-state index in [0.29, 0.717) is 63.4 Å². The van der Waals surface area contributed by atoms with Gasteiger partial charge in [-0.1, -0.05) is 30.2 Å². The molecule has 0 amide bonds. The second kappa shape index (κ2) is 21.9. The third kappa shape index (κ3) is 12.4. The van der Waals surface area contributed by atoms with Gasteiger partial charge in [-0.2, -0.15) is 0 Å². The van der Waals surface area contributed by atoms with Crippen molar-refractivity contribution in [3.63, 3.8) is 0 Å². The summed E-state index contributed by atoms with van der Waals surface area (Å²) in [4.78, 5) is 12.1. The molecule has 336 valence electrons. The third-order valence-corrected chi connectivity index (χ3v) is 12.8. The zero-order valence-corrected chi connectivity index (χ0v) is 35.2. The lowest BCUT2D eigenvalue weighted by molar-refractivity contribution is -0.308. The SMILES string of the molecule is C/C(C=O)=C1\CC[C@](C)(O)[C@@](C)(CC/C=C(\C)C(C/C=C(\C)CCC(O)C(C)(C)O)O[C@@H]2O[C@H](CO)[C@@H](O)[C@H](O)[C@H]2O)[C@@H]1CCCO[C@@H]1O[C@H](CO)[C@@H](O)[C@H](O)[C@H]1O. The first-order valence-electron chi connectivity index (χ1n) is 20.5. The monoisotopic (exact) mass is 832 g/mol. The fourth-order valence-corrected chi connectivity index (χ4v) is 8.32. The summed E-state index contributed by atoms with van der Waals surface area (Å²) < 4.78 is 23.2. The van der Waals surface area contributed by atoms with Crippen molar-refractivity contribution in [1.29, 1.82) is 0 Å². The Morgan fingerprint density at radius 1 is 0.897 bits per heavy atom. The van der Waals surface area contributed by atoms with E-state index in [4.69, 9.17) is 18.9 Å². The standard InChI is InChI=1S/C42H72O16/c1-23(13-15-31(46)40(4,5)53)12-14-28(56-39-37(52)35(50)33(48)30(22-45)58-39)24(2)10-8-17-41(6)27(26(25(3)20-43)16-18-42(41,7)54)11-9-19-55-38-36(51)34(49)32(47)29(21-44)57-38/h10,12,20,27-39,44-54H,8-9,11,13-19,21-22H2,1-7H3/b23-12+,24-10+,26-25-/t27-,28?,29-,30-,31?,32-,33-,34+,35+,36-,37-,38-,39-,41+,42+/m1/s1. The van der Waals surface area contributed by atoms with Crippen LogP contribution in [0.1, 0.15) is 106 Å². The first-order valence-corrected chi connectivity index (χ1v) is 20.5. The molecule has 0 aromatic rings. The summed E-state index contributed by atoms with van der Waals surface area (Å²) in [6.07, 6.45) is -7.49. The van der Waals surface area contributed by atoms with E-state index >= 15 is 0 Å². The Hall–Kier alpha value is -1.71. The van der Waals surface area contributed by atoms with Gasteiger partial charge in [0.05, 0.1) is 36.6 Å². The molecular weight excluding hydrogens is 760 g/mol. The van der Waals surface area contributed by atoms with Gasteiger partial charge in [0.1, 0.15) is 55.1 Å². The van der Waals surface area contributed by atoms with Gasteiger partial charge in [-0.05, 0) is 116 Å². The molecule has 2 heterocycles. The summed E-state index contributed by atoms with van der Waals surface area (Å²) in [6, 6.07) is 0. The highest BCUT2D eigenvalue weighted by atomic mass is 16.7. The zero-order valence-electron chi connectivity index (χ0n) is 35.2. The van der Waals surface area contributed by atoms with Crippen LogP contribution in [0, 0.1) is 11.3 Å². The van der Waals surface area contributed by atoms with Crippen LogP contribution in [0.2, 0.25) is 0 Å². The highest BCUT2D eigenvalue weighted by molar-refractivity contribution is 5.74. The summed E-state index contributed by atoms with van der Waals surface area (Å²) in [5.74, 6) is -0.264. The van der Waals surface area contributed by atoms with Crippen molar-refractivity contribution in [2.45, 2.75) is 191 Å². The number of aliphatic hydroxyl groups is 11. The number of hydrogen-bond donors (Lipinski definition) is 11. The molecular formula is C42H72O16. The molecule has 1 saturated carbocycles. The highest BCUT2D eigenvalue weighted by Gasteiger charge is 2.52. The van der Waals surface area contributed by atoms with Crippen LogP contribution < -0.4 is 0 Å². The molecule has 16 heteroatoms. The number of carbonyl (C=O) groups is 1. The molecule has 0 spiro atoms. The maximum atomic E-state index is 12.1. The highest BCUT2D eigenvalue weighted by Crippen LogP contribution is 2.55. The number of carbonyl (C=O) groups excluding carboxylic acids is 1. The van der Waals surface area contributed by atoms with E-state index in [1.807, 2.05) is 32.9 Å². The number of hydrogen-bond acceptors (Lipinski definition) is 16. The normalized spacial score (nSPS) is 38.7. The second-order valence-electron chi connectivity index (χ2n) is 17.6. The first-order chi connectivity index (χ1) is 27.0. The van der Waals surface area contributed by atoms with E-state index in [1.165, 1.54) is 13.8 Å². The van der Waals surface area contributed by atoms with E-state index in [9.17, 15) is 61.0 Å². The van der Waals surface area contributed by atoms with Gasteiger partial charge in [-0.15, -0.1) is 0 Å². The molecule has 15 atom stereocenters. The van der Waals surface area contributed by atoms with Crippen molar-refractivity contribution in [3.8, 4) is 0 Å². The van der Waals surface area contributed by atoms with Crippen molar-refractivity contribution in [3.05, 3.63) is 34.4 Å². The van der Waals surface area contributed by atoms with Gasteiger partial charge >= 0.3 is 0 Å². The summed E-state index contributed by atoms with van der Waals surface area (Å²) >= 11 is 0. The van der Waals surface area contributed by atoms with Gasteiger partial charge in [0.25, 0.3) is 0 Å².